The fourth-order valence-electron chi connectivity index (χ4n) is 3.09. The summed E-state index contributed by atoms with van der Waals surface area (Å²) in [6.45, 7) is 1.96. The number of pyridine rings is 1. The van der Waals surface area contributed by atoms with Gasteiger partial charge in [-0.15, -0.1) is 22.7 Å². The summed E-state index contributed by atoms with van der Waals surface area (Å²) in [5.41, 5.74) is 4.37. The highest BCUT2D eigenvalue weighted by atomic mass is 32.2. The summed E-state index contributed by atoms with van der Waals surface area (Å²) < 4.78 is 1.58. The molecule has 0 atom stereocenters. The number of aryl methyl sites for hydroxylation is 1. The van der Waals surface area contributed by atoms with Gasteiger partial charge < -0.3 is 4.98 Å². The minimum atomic E-state index is -0.0627. The molecule has 0 unspecified atom stereocenters. The molecule has 0 saturated carbocycles. The number of thiophene rings is 2. The number of aromatic nitrogens is 4. The van der Waals surface area contributed by atoms with Crippen molar-refractivity contribution in [1.29, 1.82) is 0 Å². The van der Waals surface area contributed by atoms with E-state index in [1.54, 1.807) is 44.9 Å². The SMILES string of the molecule is Cc1ccc2nc(CSc3nc(-c4cccs4)c(-c4cccs4)[nH]3)cc(=O)n2c1. The standard InChI is InChI=1S/C21H16N4OS3/c1-13-6-7-17-22-14(10-18(26)25(17)11-13)12-29-21-23-19(15-4-2-8-27-15)20(24-21)16-5-3-9-28-16/h2-11H,12H2,1H3,(H,23,24). The van der Waals surface area contributed by atoms with Crippen LogP contribution in [0.2, 0.25) is 0 Å². The number of H-pyrrole nitrogens is 1. The topological polar surface area (TPSA) is 63.0 Å². The Morgan fingerprint density at radius 3 is 2.62 bits per heavy atom. The van der Waals surface area contributed by atoms with Gasteiger partial charge in [0.15, 0.2) is 5.16 Å². The van der Waals surface area contributed by atoms with Crippen LogP contribution >= 0.6 is 34.4 Å². The largest absolute Gasteiger partial charge is 0.332 e. The molecule has 0 radical (unpaired) electrons. The summed E-state index contributed by atoms with van der Waals surface area (Å²) in [7, 11) is 0. The average molecular weight is 437 g/mol. The van der Waals surface area contributed by atoms with Crippen molar-refractivity contribution in [3.8, 4) is 21.1 Å². The molecule has 0 bridgehead atoms. The number of fused-ring (bicyclic) bond motifs is 1. The average Bonchev–Trinajstić information content (AvgIpc) is 3.47. The molecule has 0 aliphatic carbocycles. The zero-order chi connectivity index (χ0) is 19.8. The van der Waals surface area contributed by atoms with E-state index in [4.69, 9.17) is 4.98 Å². The van der Waals surface area contributed by atoms with Gasteiger partial charge >= 0.3 is 0 Å². The third-order valence-corrected chi connectivity index (χ3v) is 7.09. The van der Waals surface area contributed by atoms with Crippen molar-refractivity contribution < 1.29 is 0 Å². The number of rotatable bonds is 5. The van der Waals surface area contributed by atoms with Gasteiger partial charge in [-0.1, -0.05) is 30.0 Å². The van der Waals surface area contributed by atoms with Crippen molar-refractivity contribution >= 4 is 40.1 Å². The maximum absolute atomic E-state index is 12.4. The third-order valence-electron chi connectivity index (χ3n) is 4.42. The lowest BCUT2D eigenvalue weighted by Gasteiger charge is -2.04. The van der Waals surface area contributed by atoms with Gasteiger partial charge in [0, 0.05) is 18.0 Å². The van der Waals surface area contributed by atoms with Crippen molar-refractivity contribution in [2.24, 2.45) is 0 Å². The Hall–Kier alpha value is -2.68. The van der Waals surface area contributed by atoms with Crippen LogP contribution in [-0.2, 0) is 5.75 Å². The first kappa shape index (κ1) is 18.4. The van der Waals surface area contributed by atoms with Gasteiger partial charge in [0.25, 0.3) is 5.56 Å². The first-order valence-corrected chi connectivity index (χ1v) is 11.7. The van der Waals surface area contributed by atoms with Crippen LogP contribution in [0, 0.1) is 6.92 Å². The quantitative estimate of drug-likeness (QED) is 0.371. The van der Waals surface area contributed by atoms with E-state index in [-0.39, 0.29) is 5.56 Å². The van der Waals surface area contributed by atoms with Gasteiger partial charge in [-0.25, -0.2) is 9.97 Å². The Morgan fingerprint density at radius 1 is 1.07 bits per heavy atom. The van der Waals surface area contributed by atoms with Gasteiger partial charge in [0.05, 0.1) is 21.1 Å². The molecule has 1 N–H and O–H groups in total. The molecule has 5 heterocycles. The van der Waals surface area contributed by atoms with E-state index in [1.165, 1.54) is 0 Å². The summed E-state index contributed by atoms with van der Waals surface area (Å²) in [6, 6.07) is 13.7. The van der Waals surface area contributed by atoms with Gasteiger partial charge in [0.2, 0.25) is 0 Å². The zero-order valence-corrected chi connectivity index (χ0v) is 17.9. The Kier molecular flexibility index (Phi) is 4.83. The van der Waals surface area contributed by atoms with Crippen molar-refractivity contribution in [2.45, 2.75) is 17.8 Å². The molecule has 8 heteroatoms. The van der Waals surface area contributed by atoms with Crippen molar-refractivity contribution in [2.75, 3.05) is 0 Å². The van der Waals surface area contributed by atoms with E-state index >= 15 is 0 Å². The molecule has 0 fully saturated rings. The number of hydrogen-bond donors (Lipinski definition) is 1. The summed E-state index contributed by atoms with van der Waals surface area (Å²) in [4.78, 5) is 27.6. The van der Waals surface area contributed by atoms with E-state index in [2.05, 4.69) is 32.9 Å². The van der Waals surface area contributed by atoms with Crippen molar-refractivity contribution in [3.63, 3.8) is 0 Å². The molecule has 5 nitrogen and oxygen atoms in total. The predicted octanol–water partition coefficient (Wildman–Crippen LogP) is 5.48. The lowest BCUT2D eigenvalue weighted by atomic mass is 10.2. The molecule has 0 aliphatic rings. The number of hydrogen-bond acceptors (Lipinski definition) is 6. The molecule has 0 aliphatic heterocycles. The van der Waals surface area contributed by atoms with E-state index < -0.39 is 0 Å². The second kappa shape index (κ2) is 7.62. The first-order chi connectivity index (χ1) is 14.2. The first-order valence-electron chi connectivity index (χ1n) is 8.97. The fourth-order valence-corrected chi connectivity index (χ4v) is 5.29. The van der Waals surface area contributed by atoms with Crippen LogP contribution in [0.15, 0.2) is 69.4 Å². The van der Waals surface area contributed by atoms with E-state index in [9.17, 15) is 4.79 Å². The Balaban J connectivity index is 1.46. The summed E-state index contributed by atoms with van der Waals surface area (Å²) in [5, 5.41) is 4.95. The minimum Gasteiger partial charge on any atom is -0.332 e. The number of aromatic amines is 1. The molecule has 29 heavy (non-hydrogen) atoms. The second-order valence-corrected chi connectivity index (χ2v) is 9.39. The Bertz CT molecular complexity index is 1280. The van der Waals surface area contributed by atoms with Gasteiger partial charge in [-0.05, 0) is 41.4 Å². The van der Waals surface area contributed by atoms with E-state index in [0.29, 0.717) is 11.4 Å². The predicted molar refractivity (Wildman–Crippen MR) is 121 cm³/mol. The molecule has 0 saturated heterocycles. The van der Waals surface area contributed by atoms with Crippen LogP contribution in [0.3, 0.4) is 0 Å². The van der Waals surface area contributed by atoms with E-state index in [1.807, 2.05) is 37.4 Å². The summed E-state index contributed by atoms with van der Waals surface area (Å²) in [5.74, 6) is 0.570. The molecule has 0 aromatic carbocycles. The van der Waals surface area contributed by atoms with Crippen LogP contribution in [0.5, 0.6) is 0 Å². The highest BCUT2D eigenvalue weighted by Gasteiger charge is 2.16. The molecular formula is C21H16N4OS3. The maximum atomic E-state index is 12.4. The summed E-state index contributed by atoms with van der Waals surface area (Å²) >= 11 is 4.92. The highest BCUT2D eigenvalue weighted by Crippen LogP contribution is 2.37. The third kappa shape index (κ3) is 3.66. The Morgan fingerprint density at radius 2 is 1.86 bits per heavy atom. The molecule has 144 valence electrons. The van der Waals surface area contributed by atoms with Gasteiger partial charge in [0.1, 0.15) is 11.3 Å². The minimum absolute atomic E-state index is 0.0627. The molecular weight excluding hydrogens is 420 g/mol. The van der Waals surface area contributed by atoms with Crippen LogP contribution in [0.4, 0.5) is 0 Å². The summed E-state index contributed by atoms with van der Waals surface area (Å²) in [6.07, 6.45) is 1.81. The van der Waals surface area contributed by atoms with Crippen LogP contribution in [0.25, 0.3) is 26.8 Å². The van der Waals surface area contributed by atoms with Crippen molar-refractivity contribution in [3.05, 3.63) is 81.0 Å². The number of nitrogens with one attached hydrogen (secondary N) is 1. The maximum Gasteiger partial charge on any atom is 0.258 e. The van der Waals surface area contributed by atoms with Crippen LogP contribution < -0.4 is 5.56 Å². The normalized spacial score (nSPS) is 11.3. The molecule has 0 amide bonds. The van der Waals surface area contributed by atoms with Crippen LogP contribution in [-0.4, -0.2) is 19.4 Å². The highest BCUT2D eigenvalue weighted by molar-refractivity contribution is 7.98. The van der Waals surface area contributed by atoms with E-state index in [0.717, 1.165) is 37.6 Å². The Labute approximate surface area is 179 Å². The lowest BCUT2D eigenvalue weighted by Crippen LogP contribution is -2.15. The zero-order valence-electron chi connectivity index (χ0n) is 15.5. The monoisotopic (exact) mass is 436 g/mol. The van der Waals surface area contributed by atoms with Crippen molar-refractivity contribution in [1.82, 2.24) is 19.4 Å². The van der Waals surface area contributed by atoms with Crippen LogP contribution in [0.1, 0.15) is 11.3 Å². The number of nitrogens with zero attached hydrogens (tertiary/aromatic N) is 3. The smallest absolute Gasteiger partial charge is 0.258 e. The van der Waals surface area contributed by atoms with Gasteiger partial charge in [-0.3, -0.25) is 9.20 Å². The molecule has 0 spiro atoms. The molecule has 5 rings (SSSR count). The fraction of sp³-hybridized carbons (Fsp3) is 0.0952. The lowest BCUT2D eigenvalue weighted by molar-refractivity contribution is 0.997. The van der Waals surface area contributed by atoms with Gasteiger partial charge in [-0.2, -0.15) is 0 Å². The molecule has 5 aromatic heterocycles. The number of thioether (sulfide) groups is 1. The molecule has 5 aromatic rings. The number of imidazole rings is 1. The second-order valence-electron chi connectivity index (χ2n) is 6.53.